The first-order chi connectivity index (χ1) is 8.60. The second-order valence-electron chi connectivity index (χ2n) is 4.61. The summed E-state index contributed by atoms with van der Waals surface area (Å²) in [7, 11) is 1.77. The molecule has 0 atom stereocenters. The van der Waals surface area contributed by atoms with E-state index in [0.29, 0.717) is 11.4 Å². The van der Waals surface area contributed by atoms with Crippen molar-refractivity contribution in [3.8, 4) is 0 Å². The molecule has 0 fully saturated rings. The third-order valence-electron chi connectivity index (χ3n) is 2.91. The predicted octanol–water partition coefficient (Wildman–Crippen LogP) is 2.04. The first-order valence-electron chi connectivity index (χ1n) is 6.68. The number of aromatic nitrogens is 2. The molecule has 2 N–H and O–H groups in total. The van der Waals surface area contributed by atoms with Crippen LogP contribution in [0.5, 0.6) is 0 Å². The number of nitrogens with two attached hydrogens (primary N) is 1. The predicted molar refractivity (Wildman–Crippen MR) is 73.3 cm³/mol. The van der Waals surface area contributed by atoms with Gasteiger partial charge in [-0.05, 0) is 12.8 Å². The topological polar surface area (TPSA) is 64.2 Å². The minimum absolute atomic E-state index is 0.0463. The van der Waals surface area contributed by atoms with Gasteiger partial charge >= 0.3 is 0 Å². The molecular weight excluding hydrogens is 228 g/mol. The Morgan fingerprint density at radius 3 is 2.28 bits per heavy atom. The van der Waals surface area contributed by atoms with Crippen LogP contribution in [-0.2, 0) is 7.05 Å². The van der Waals surface area contributed by atoms with Gasteiger partial charge in [-0.2, -0.15) is 5.10 Å². The maximum Gasteiger partial charge on any atom is 0.276 e. The minimum atomic E-state index is -0.0463. The van der Waals surface area contributed by atoms with Crippen LogP contribution in [0.1, 0.15) is 50.0 Å². The van der Waals surface area contributed by atoms with Crippen molar-refractivity contribution >= 4 is 11.6 Å². The van der Waals surface area contributed by atoms with Crippen LogP contribution in [0.25, 0.3) is 0 Å². The lowest BCUT2D eigenvalue weighted by atomic mass is 10.2. The molecule has 0 bridgehead atoms. The molecule has 1 amide bonds. The molecule has 0 aliphatic carbocycles. The number of nitrogens with zero attached hydrogens (tertiary/aromatic N) is 3. The van der Waals surface area contributed by atoms with Crippen molar-refractivity contribution < 1.29 is 4.79 Å². The zero-order valence-electron chi connectivity index (χ0n) is 11.6. The molecule has 0 spiro atoms. The van der Waals surface area contributed by atoms with Gasteiger partial charge in [0.05, 0.1) is 5.69 Å². The number of rotatable bonds is 7. The largest absolute Gasteiger partial charge is 0.396 e. The van der Waals surface area contributed by atoms with Gasteiger partial charge in [-0.1, -0.05) is 26.7 Å². The summed E-state index contributed by atoms with van der Waals surface area (Å²) in [5.74, 6) is -0.0463. The molecule has 0 aromatic carbocycles. The maximum absolute atomic E-state index is 12.4. The summed E-state index contributed by atoms with van der Waals surface area (Å²) in [6, 6.07) is 0. The van der Waals surface area contributed by atoms with E-state index in [0.717, 1.165) is 38.8 Å². The second kappa shape index (κ2) is 7.03. The average Bonchev–Trinajstić information content (AvgIpc) is 2.68. The van der Waals surface area contributed by atoms with Crippen LogP contribution in [0.2, 0.25) is 0 Å². The molecule has 0 saturated carbocycles. The molecule has 0 unspecified atom stereocenters. The fourth-order valence-corrected chi connectivity index (χ4v) is 1.84. The van der Waals surface area contributed by atoms with E-state index in [-0.39, 0.29) is 5.91 Å². The number of hydrogen-bond donors (Lipinski definition) is 1. The molecule has 0 radical (unpaired) electrons. The van der Waals surface area contributed by atoms with Gasteiger partial charge in [-0.3, -0.25) is 9.48 Å². The Hall–Kier alpha value is -1.52. The van der Waals surface area contributed by atoms with Gasteiger partial charge in [0.15, 0.2) is 5.69 Å². The number of unbranched alkanes of at least 4 members (excludes halogenated alkanes) is 2. The van der Waals surface area contributed by atoms with Gasteiger partial charge in [-0.25, -0.2) is 0 Å². The Morgan fingerprint density at radius 1 is 1.33 bits per heavy atom. The normalized spacial score (nSPS) is 10.6. The maximum atomic E-state index is 12.4. The Morgan fingerprint density at radius 2 is 1.89 bits per heavy atom. The highest BCUT2D eigenvalue weighted by atomic mass is 16.2. The van der Waals surface area contributed by atoms with E-state index in [1.54, 1.807) is 17.9 Å². The summed E-state index contributed by atoms with van der Waals surface area (Å²) in [5.41, 5.74) is 6.64. The monoisotopic (exact) mass is 252 g/mol. The summed E-state index contributed by atoms with van der Waals surface area (Å²) in [6.07, 6.45) is 5.86. The van der Waals surface area contributed by atoms with Crippen molar-refractivity contribution in [2.75, 3.05) is 18.8 Å². The van der Waals surface area contributed by atoms with Gasteiger partial charge in [0, 0.05) is 26.3 Å². The SMILES string of the molecule is CCCCN(CCCC)C(=O)c1nn(C)cc1N. The van der Waals surface area contributed by atoms with Crippen molar-refractivity contribution in [3.05, 3.63) is 11.9 Å². The highest BCUT2D eigenvalue weighted by Gasteiger charge is 2.20. The molecular formula is C13H24N4O. The summed E-state index contributed by atoms with van der Waals surface area (Å²) >= 11 is 0. The standard InChI is InChI=1S/C13H24N4O/c1-4-6-8-17(9-7-5-2)13(18)12-11(14)10-16(3)15-12/h10H,4-9,14H2,1-3H3. The highest BCUT2D eigenvalue weighted by molar-refractivity contribution is 5.97. The van der Waals surface area contributed by atoms with Crippen LogP contribution < -0.4 is 5.73 Å². The molecule has 5 nitrogen and oxygen atoms in total. The van der Waals surface area contributed by atoms with E-state index in [1.807, 2.05) is 4.90 Å². The number of carbonyl (C=O) groups excluding carboxylic acids is 1. The zero-order valence-corrected chi connectivity index (χ0v) is 11.6. The number of amides is 1. The highest BCUT2D eigenvalue weighted by Crippen LogP contribution is 2.12. The molecule has 1 rings (SSSR count). The average molecular weight is 252 g/mol. The number of carbonyl (C=O) groups is 1. The van der Waals surface area contributed by atoms with Gasteiger partial charge in [0.25, 0.3) is 5.91 Å². The van der Waals surface area contributed by atoms with Crippen molar-refractivity contribution in [3.63, 3.8) is 0 Å². The van der Waals surface area contributed by atoms with E-state index in [1.165, 1.54) is 0 Å². The van der Waals surface area contributed by atoms with Gasteiger partial charge in [0.2, 0.25) is 0 Å². The molecule has 1 aromatic rings. The number of aryl methyl sites for hydroxylation is 1. The number of nitrogen functional groups attached to an aromatic ring is 1. The number of hydrogen-bond acceptors (Lipinski definition) is 3. The molecule has 0 aliphatic rings. The second-order valence-corrected chi connectivity index (χ2v) is 4.61. The van der Waals surface area contributed by atoms with Crippen LogP contribution in [-0.4, -0.2) is 33.7 Å². The summed E-state index contributed by atoms with van der Waals surface area (Å²) in [6.45, 7) is 5.81. The third kappa shape index (κ3) is 3.75. The fourth-order valence-electron chi connectivity index (χ4n) is 1.84. The minimum Gasteiger partial charge on any atom is -0.396 e. The lowest BCUT2D eigenvalue weighted by Gasteiger charge is -2.21. The Balaban J connectivity index is 2.77. The smallest absolute Gasteiger partial charge is 0.276 e. The fraction of sp³-hybridized carbons (Fsp3) is 0.692. The molecule has 5 heteroatoms. The van der Waals surface area contributed by atoms with Gasteiger partial charge < -0.3 is 10.6 Å². The van der Waals surface area contributed by atoms with Crippen LogP contribution >= 0.6 is 0 Å². The van der Waals surface area contributed by atoms with Crippen molar-refractivity contribution in [1.29, 1.82) is 0 Å². The summed E-state index contributed by atoms with van der Waals surface area (Å²) < 4.78 is 1.58. The lowest BCUT2D eigenvalue weighted by molar-refractivity contribution is 0.0745. The van der Waals surface area contributed by atoms with E-state index in [2.05, 4.69) is 18.9 Å². The Kier molecular flexibility index (Phi) is 5.68. The van der Waals surface area contributed by atoms with Gasteiger partial charge in [-0.15, -0.1) is 0 Å². The quantitative estimate of drug-likeness (QED) is 0.807. The Labute approximate surface area is 109 Å². The van der Waals surface area contributed by atoms with Crippen LogP contribution in [0, 0.1) is 0 Å². The lowest BCUT2D eigenvalue weighted by Crippen LogP contribution is -2.33. The summed E-state index contributed by atoms with van der Waals surface area (Å²) in [4.78, 5) is 14.2. The van der Waals surface area contributed by atoms with E-state index >= 15 is 0 Å². The molecule has 0 aliphatic heterocycles. The van der Waals surface area contributed by atoms with Crippen molar-refractivity contribution in [2.45, 2.75) is 39.5 Å². The van der Waals surface area contributed by atoms with Crippen LogP contribution in [0.3, 0.4) is 0 Å². The van der Waals surface area contributed by atoms with E-state index in [9.17, 15) is 4.79 Å². The van der Waals surface area contributed by atoms with Crippen LogP contribution in [0.4, 0.5) is 5.69 Å². The van der Waals surface area contributed by atoms with Crippen molar-refractivity contribution in [2.24, 2.45) is 7.05 Å². The van der Waals surface area contributed by atoms with Crippen molar-refractivity contribution in [1.82, 2.24) is 14.7 Å². The van der Waals surface area contributed by atoms with E-state index < -0.39 is 0 Å². The van der Waals surface area contributed by atoms with Crippen LogP contribution in [0.15, 0.2) is 6.20 Å². The molecule has 102 valence electrons. The Bertz CT molecular complexity index is 378. The first kappa shape index (κ1) is 14.5. The third-order valence-corrected chi connectivity index (χ3v) is 2.91. The van der Waals surface area contributed by atoms with Gasteiger partial charge in [0.1, 0.15) is 0 Å². The molecule has 1 heterocycles. The molecule has 18 heavy (non-hydrogen) atoms. The summed E-state index contributed by atoms with van der Waals surface area (Å²) in [5, 5.41) is 4.15. The zero-order chi connectivity index (χ0) is 13.5. The van der Waals surface area contributed by atoms with E-state index in [4.69, 9.17) is 5.73 Å². The number of anilines is 1. The first-order valence-corrected chi connectivity index (χ1v) is 6.68. The molecule has 0 saturated heterocycles. The molecule has 1 aromatic heterocycles.